The minimum absolute atomic E-state index is 0.0883. The van der Waals surface area contributed by atoms with E-state index in [1.165, 1.54) is 19.9 Å². The molecule has 2 aliphatic carbocycles. The van der Waals surface area contributed by atoms with Gasteiger partial charge in [-0.15, -0.1) is 0 Å². The number of H-pyrrole nitrogens is 1. The van der Waals surface area contributed by atoms with Crippen LogP contribution in [0.1, 0.15) is 59.8 Å². The van der Waals surface area contributed by atoms with Gasteiger partial charge in [-0.25, -0.2) is 9.56 Å². The minimum atomic E-state index is -0.602. The van der Waals surface area contributed by atoms with Crippen LogP contribution in [-0.4, -0.2) is 59.9 Å². The van der Waals surface area contributed by atoms with E-state index in [0.29, 0.717) is 36.5 Å². The van der Waals surface area contributed by atoms with Crippen molar-refractivity contribution in [1.82, 2.24) is 15.3 Å². The quantitative estimate of drug-likeness (QED) is 0.507. The van der Waals surface area contributed by atoms with Crippen LogP contribution in [-0.2, 0) is 6.42 Å². The van der Waals surface area contributed by atoms with Gasteiger partial charge in [0.25, 0.3) is 11.5 Å². The molecule has 2 saturated carbocycles. The fourth-order valence-electron chi connectivity index (χ4n) is 5.31. The van der Waals surface area contributed by atoms with Crippen molar-refractivity contribution in [1.29, 1.82) is 0 Å². The summed E-state index contributed by atoms with van der Waals surface area (Å²) in [6.07, 6.45) is 9.04. The van der Waals surface area contributed by atoms with E-state index in [1.807, 2.05) is 11.0 Å². The van der Waals surface area contributed by atoms with Crippen LogP contribution in [0.25, 0.3) is 0 Å². The number of piperazine rings is 1. The Morgan fingerprint density at radius 1 is 1.21 bits per heavy atom. The van der Waals surface area contributed by atoms with Crippen molar-refractivity contribution < 1.29 is 13.8 Å². The maximum absolute atomic E-state index is 14.5. The molecular formula is C26H33FN5O2+. The maximum Gasteiger partial charge on any atom is 0.269 e. The van der Waals surface area contributed by atoms with E-state index < -0.39 is 11.9 Å². The van der Waals surface area contributed by atoms with E-state index >= 15 is 0 Å². The zero-order valence-electron chi connectivity index (χ0n) is 19.7. The first-order valence-corrected chi connectivity index (χ1v) is 12.4. The molecule has 1 saturated heterocycles. The number of aromatic nitrogens is 2. The summed E-state index contributed by atoms with van der Waals surface area (Å²) in [6.45, 7) is 3.07. The van der Waals surface area contributed by atoms with Gasteiger partial charge in [0.1, 0.15) is 11.9 Å². The Kier molecular flexibility index (Phi) is 6.48. The second kappa shape index (κ2) is 9.68. The van der Waals surface area contributed by atoms with E-state index in [9.17, 15) is 14.0 Å². The summed E-state index contributed by atoms with van der Waals surface area (Å²) >= 11 is 0. The Balaban J connectivity index is 1.16. The highest BCUT2D eigenvalue weighted by molar-refractivity contribution is 5.92. The lowest BCUT2D eigenvalue weighted by Crippen LogP contribution is -2.43. The number of nitrogens with zero attached hydrogens (tertiary/aromatic N) is 3. The van der Waals surface area contributed by atoms with Gasteiger partial charge in [-0.1, -0.05) is 6.07 Å². The summed E-state index contributed by atoms with van der Waals surface area (Å²) in [5, 5.41) is 2.47. The summed E-state index contributed by atoms with van der Waals surface area (Å²) in [4.78, 5) is 33.1. The van der Waals surface area contributed by atoms with E-state index in [4.69, 9.17) is 0 Å². The van der Waals surface area contributed by atoms with Crippen LogP contribution in [0, 0.1) is 17.8 Å². The molecule has 1 amide bonds. The van der Waals surface area contributed by atoms with Gasteiger partial charge in [0.2, 0.25) is 5.95 Å². The number of halogens is 1. The Hall–Kier alpha value is -3.03. The first-order chi connectivity index (χ1) is 16.5. The van der Waals surface area contributed by atoms with Crippen LogP contribution in [0.5, 0.6) is 0 Å². The van der Waals surface area contributed by atoms with Crippen molar-refractivity contribution in [2.75, 3.05) is 38.1 Å². The highest BCUT2D eigenvalue weighted by Crippen LogP contribution is 2.37. The normalized spacial score (nSPS) is 22.6. The minimum Gasteiger partial charge on any atom is -0.355 e. The first kappa shape index (κ1) is 22.7. The molecule has 2 aromatic rings. The lowest BCUT2D eigenvalue weighted by Gasteiger charge is -2.27. The van der Waals surface area contributed by atoms with Crippen molar-refractivity contribution in [3.05, 3.63) is 57.5 Å². The molecule has 0 aromatic carbocycles. The van der Waals surface area contributed by atoms with Crippen molar-refractivity contribution in [3.8, 4) is 0 Å². The third-order valence-corrected chi connectivity index (χ3v) is 7.50. The number of anilines is 1. The zero-order chi connectivity index (χ0) is 23.7. The maximum atomic E-state index is 14.5. The van der Waals surface area contributed by atoms with E-state index in [2.05, 4.69) is 32.1 Å². The number of carbonyl (C=O) groups is 1. The number of hydrogen-bond donors (Lipinski definition) is 2. The highest BCUT2D eigenvalue weighted by atomic mass is 19.1. The Labute approximate surface area is 199 Å². The third-order valence-electron chi connectivity index (χ3n) is 7.50. The number of pyridine rings is 2. The number of rotatable bonds is 6. The van der Waals surface area contributed by atoms with Gasteiger partial charge < -0.3 is 15.2 Å². The summed E-state index contributed by atoms with van der Waals surface area (Å²) in [5.74, 6) is 0.625. The number of amides is 1. The van der Waals surface area contributed by atoms with E-state index in [0.717, 1.165) is 50.0 Å². The van der Waals surface area contributed by atoms with E-state index in [-0.39, 0.29) is 11.3 Å². The van der Waals surface area contributed by atoms with Gasteiger partial charge in [-0.2, -0.15) is 4.39 Å². The molecule has 0 radical (unpaired) electrons. The standard InChI is InChI=1S/C26H32FN5O2/c1-28-26(34)22-8-9-23(24(27)29-22)32-12-10-31(11-13-32)16-18-4-5-19(15-18)21-7-6-20(25(33)30-21)14-17-2-3-17/h6-9,16-19H,2-5,10-15H2,1H3,(H-,28,30,33,34)/p+1/t18?,19-/m1/s1. The third kappa shape index (κ3) is 5.05. The molecule has 1 unspecified atom stereocenters. The molecule has 7 nitrogen and oxygen atoms in total. The molecular weight excluding hydrogens is 433 g/mol. The van der Waals surface area contributed by atoms with Gasteiger partial charge in [0.15, 0.2) is 13.1 Å². The summed E-state index contributed by atoms with van der Waals surface area (Å²) in [7, 11) is 1.50. The lowest BCUT2D eigenvalue weighted by molar-refractivity contribution is -0.527. The molecule has 2 aromatic heterocycles. The highest BCUT2D eigenvalue weighted by Gasteiger charge is 2.30. The predicted octanol–water partition coefficient (Wildman–Crippen LogP) is 2.71. The zero-order valence-corrected chi connectivity index (χ0v) is 19.7. The first-order valence-electron chi connectivity index (χ1n) is 12.4. The number of nitrogens with one attached hydrogen (secondary N) is 2. The lowest BCUT2D eigenvalue weighted by atomic mass is 10.00. The Morgan fingerprint density at radius 2 is 2.00 bits per heavy atom. The summed E-state index contributed by atoms with van der Waals surface area (Å²) in [6, 6.07) is 7.38. The van der Waals surface area contributed by atoms with Crippen LogP contribution >= 0.6 is 0 Å². The average Bonchev–Trinajstić information content (AvgIpc) is 3.55. The molecule has 3 fully saturated rings. The molecule has 0 spiro atoms. The molecule has 2 N–H and O–H groups in total. The topological polar surface area (TPSA) is 81.1 Å². The monoisotopic (exact) mass is 466 g/mol. The van der Waals surface area contributed by atoms with Gasteiger partial charge in [-0.05, 0) is 68.6 Å². The van der Waals surface area contributed by atoms with Gasteiger partial charge in [0.05, 0.1) is 18.8 Å². The number of aromatic amines is 1. The van der Waals surface area contributed by atoms with Gasteiger partial charge in [0, 0.05) is 24.2 Å². The Morgan fingerprint density at radius 3 is 2.68 bits per heavy atom. The van der Waals surface area contributed by atoms with Crippen LogP contribution in [0.4, 0.5) is 10.1 Å². The fraction of sp³-hybridized carbons (Fsp3) is 0.538. The van der Waals surface area contributed by atoms with Crippen LogP contribution in [0.15, 0.2) is 29.1 Å². The van der Waals surface area contributed by atoms with Gasteiger partial charge in [-0.3, -0.25) is 9.59 Å². The van der Waals surface area contributed by atoms with Crippen molar-refractivity contribution in [2.45, 2.75) is 44.4 Å². The van der Waals surface area contributed by atoms with Crippen molar-refractivity contribution in [3.63, 3.8) is 0 Å². The largest absolute Gasteiger partial charge is 0.355 e. The number of carbonyl (C=O) groups excluding carboxylic acids is 1. The molecule has 1 aliphatic heterocycles. The van der Waals surface area contributed by atoms with Crippen molar-refractivity contribution >= 4 is 17.8 Å². The second-order valence-corrected chi connectivity index (χ2v) is 9.94. The molecule has 0 bridgehead atoms. The predicted molar refractivity (Wildman–Crippen MR) is 129 cm³/mol. The smallest absolute Gasteiger partial charge is 0.269 e. The molecule has 3 aliphatic rings. The molecule has 34 heavy (non-hydrogen) atoms. The number of hydrogen-bond acceptors (Lipinski definition) is 4. The SMILES string of the molecule is CNC(=O)c1ccc(N2CC[N+](=CC3CC[C@@H](c4ccc(CC5CC5)c(=O)[nH]4)C3)CC2)c(F)n1. The fourth-order valence-corrected chi connectivity index (χ4v) is 5.31. The van der Waals surface area contributed by atoms with Crippen LogP contribution in [0.2, 0.25) is 0 Å². The molecule has 5 rings (SSSR count). The second-order valence-electron chi connectivity index (χ2n) is 9.94. The Bertz CT molecular complexity index is 1150. The molecule has 8 heteroatoms. The van der Waals surface area contributed by atoms with Crippen LogP contribution in [0.3, 0.4) is 0 Å². The molecule has 2 atom stereocenters. The summed E-state index contributed by atoms with van der Waals surface area (Å²) in [5.41, 5.74) is 2.64. The van der Waals surface area contributed by atoms with Crippen LogP contribution < -0.4 is 15.8 Å². The molecule has 180 valence electrons. The van der Waals surface area contributed by atoms with E-state index in [1.54, 1.807) is 12.1 Å². The summed E-state index contributed by atoms with van der Waals surface area (Å²) < 4.78 is 16.8. The molecule has 3 heterocycles. The van der Waals surface area contributed by atoms with Gasteiger partial charge >= 0.3 is 0 Å². The van der Waals surface area contributed by atoms with Crippen molar-refractivity contribution in [2.24, 2.45) is 11.8 Å². The average molecular weight is 467 g/mol.